The molecule has 0 spiro atoms. The lowest BCUT2D eigenvalue weighted by molar-refractivity contribution is -0.187. The van der Waals surface area contributed by atoms with Crippen molar-refractivity contribution in [3.05, 3.63) is 35.4 Å². The van der Waals surface area contributed by atoms with E-state index in [0.29, 0.717) is 30.7 Å². The van der Waals surface area contributed by atoms with Gasteiger partial charge in [0.2, 0.25) is 0 Å². The van der Waals surface area contributed by atoms with E-state index in [1.807, 2.05) is 0 Å². The van der Waals surface area contributed by atoms with Gasteiger partial charge in [0.25, 0.3) is 0 Å². The third-order valence-electron chi connectivity index (χ3n) is 10.3. The van der Waals surface area contributed by atoms with Crippen molar-refractivity contribution in [2.45, 2.75) is 57.3 Å². The predicted octanol–water partition coefficient (Wildman–Crippen LogP) is 5.23. The SMILES string of the molecule is O=C(F)N1CCCN(C(=O)F)CCN(C(=O)C(F)(F)F)CCCN(Cc2ccc(CN3CCCN(C(=O)F)CCN(C(=O)C(F)(F)F)CCCN(C(=O)C(F)(F)F)CC3)cc2)CC1. The fourth-order valence-electron chi connectivity index (χ4n) is 7.03. The Balaban J connectivity index is 1.80. The first-order valence-electron chi connectivity index (χ1n) is 19.8. The van der Waals surface area contributed by atoms with Crippen molar-refractivity contribution >= 4 is 36.2 Å². The largest absolute Gasteiger partial charge is 0.471 e. The highest BCUT2D eigenvalue weighted by Crippen LogP contribution is 2.23. The Kier molecular flexibility index (Phi) is 19.7. The van der Waals surface area contributed by atoms with E-state index in [9.17, 15) is 81.5 Å². The van der Waals surface area contributed by atoms with Crippen molar-refractivity contribution in [1.29, 1.82) is 0 Å². The summed E-state index contributed by atoms with van der Waals surface area (Å²) in [7, 11) is 0. The summed E-state index contributed by atoms with van der Waals surface area (Å²) >= 11 is 0. The molecule has 0 aromatic heterocycles. The average molecular weight is 929 g/mol. The fraction of sp³-hybridized carbons (Fsp3) is 0.676. The van der Waals surface area contributed by atoms with Crippen molar-refractivity contribution in [3.63, 3.8) is 0 Å². The molecule has 0 bridgehead atoms. The minimum absolute atomic E-state index is 0.00167. The minimum atomic E-state index is -5.37. The Morgan fingerprint density at radius 1 is 0.349 bits per heavy atom. The van der Waals surface area contributed by atoms with Gasteiger partial charge in [0.15, 0.2) is 0 Å². The number of carbonyl (C=O) groups is 6. The van der Waals surface area contributed by atoms with Gasteiger partial charge in [-0.1, -0.05) is 24.3 Å². The molecule has 356 valence electrons. The molecule has 26 heteroatoms. The van der Waals surface area contributed by atoms with Crippen LogP contribution in [0.1, 0.15) is 36.8 Å². The van der Waals surface area contributed by atoms with Crippen molar-refractivity contribution in [1.82, 2.24) is 39.2 Å². The lowest BCUT2D eigenvalue weighted by Gasteiger charge is -2.32. The molecule has 2 fully saturated rings. The molecule has 1 aromatic carbocycles. The molecule has 0 N–H and O–H groups in total. The van der Waals surface area contributed by atoms with Gasteiger partial charge in [-0.15, -0.1) is 13.2 Å². The van der Waals surface area contributed by atoms with Crippen LogP contribution in [0.2, 0.25) is 0 Å². The highest BCUT2D eigenvalue weighted by Gasteiger charge is 2.45. The second kappa shape index (κ2) is 23.7. The van der Waals surface area contributed by atoms with Gasteiger partial charge in [0.05, 0.1) is 0 Å². The highest BCUT2D eigenvalue weighted by molar-refractivity contribution is 5.83. The Bertz CT molecular complexity index is 1700. The maximum absolute atomic E-state index is 14.0. The molecule has 0 unspecified atom stereocenters. The van der Waals surface area contributed by atoms with E-state index in [4.69, 9.17) is 0 Å². The Morgan fingerprint density at radius 3 is 0.841 bits per heavy atom. The van der Waals surface area contributed by atoms with E-state index < -0.39 is 114 Å². The zero-order valence-electron chi connectivity index (χ0n) is 33.9. The molecule has 6 amide bonds. The van der Waals surface area contributed by atoms with E-state index in [2.05, 4.69) is 0 Å². The zero-order chi connectivity index (χ0) is 47.1. The molecule has 14 nitrogen and oxygen atoms in total. The van der Waals surface area contributed by atoms with Gasteiger partial charge < -0.3 is 29.4 Å². The molecule has 2 aliphatic heterocycles. The monoisotopic (exact) mass is 928 g/mol. The molecule has 63 heavy (non-hydrogen) atoms. The number of hydrogen-bond acceptors (Lipinski definition) is 8. The molecule has 0 atom stereocenters. The summed E-state index contributed by atoms with van der Waals surface area (Å²) in [5.41, 5.74) is 1.18. The van der Waals surface area contributed by atoms with Gasteiger partial charge in [-0.2, -0.15) is 39.5 Å². The van der Waals surface area contributed by atoms with Crippen LogP contribution in [0.15, 0.2) is 24.3 Å². The Hall–Kier alpha value is -4.88. The lowest BCUT2D eigenvalue weighted by atomic mass is 10.1. The molecular formula is C37H48F12N8O6. The number of alkyl halides is 9. The average Bonchev–Trinajstić information content (AvgIpc) is 3.18. The third kappa shape index (κ3) is 17.7. The second-order valence-corrected chi connectivity index (χ2v) is 14.9. The van der Waals surface area contributed by atoms with E-state index in [-0.39, 0.29) is 89.6 Å². The van der Waals surface area contributed by atoms with Crippen LogP contribution in [0.3, 0.4) is 0 Å². The first-order valence-corrected chi connectivity index (χ1v) is 19.8. The molecule has 0 aliphatic carbocycles. The number of rotatable bonds is 4. The number of benzene rings is 1. The molecule has 0 radical (unpaired) electrons. The molecule has 1 aromatic rings. The minimum Gasteiger partial charge on any atom is -0.334 e. The van der Waals surface area contributed by atoms with Gasteiger partial charge in [-0.3, -0.25) is 24.2 Å². The number of carbonyl (C=O) groups excluding carboxylic acids is 6. The van der Waals surface area contributed by atoms with Crippen LogP contribution in [0.25, 0.3) is 0 Å². The van der Waals surface area contributed by atoms with Crippen molar-refractivity contribution < 1.29 is 81.5 Å². The summed E-state index contributed by atoms with van der Waals surface area (Å²) in [5, 5.41) is 0. The molecule has 2 aliphatic rings. The lowest BCUT2D eigenvalue weighted by Crippen LogP contribution is -2.49. The van der Waals surface area contributed by atoms with Gasteiger partial charge in [-0.05, 0) is 36.8 Å². The van der Waals surface area contributed by atoms with Crippen LogP contribution in [-0.2, 0) is 27.5 Å². The summed E-state index contributed by atoms with van der Waals surface area (Å²) in [6, 6.07) is 6.54. The van der Waals surface area contributed by atoms with E-state index in [1.165, 1.54) is 0 Å². The maximum atomic E-state index is 14.0. The van der Waals surface area contributed by atoms with Crippen LogP contribution in [-0.4, -0.2) is 199 Å². The summed E-state index contributed by atoms with van der Waals surface area (Å²) in [4.78, 5) is 77.8. The van der Waals surface area contributed by atoms with Gasteiger partial charge >= 0.3 is 54.7 Å². The van der Waals surface area contributed by atoms with Crippen LogP contribution < -0.4 is 0 Å². The normalized spacial score (nSPS) is 19.0. The van der Waals surface area contributed by atoms with E-state index >= 15 is 0 Å². The summed E-state index contributed by atoms with van der Waals surface area (Å²) in [6.07, 6.45) is -22.5. The molecule has 0 saturated carbocycles. The summed E-state index contributed by atoms with van der Waals surface area (Å²) in [5.74, 6) is -6.80. The zero-order valence-corrected chi connectivity index (χ0v) is 33.9. The smallest absolute Gasteiger partial charge is 0.334 e. The number of halogens is 12. The predicted molar refractivity (Wildman–Crippen MR) is 198 cm³/mol. The maximum Gasteiger partial charge on any atom is 0.471 e. The highest BCUT2D eigenvalue weighted by atomic mass is 19.4. The van der Waals surface area contributed by atoms with Gasteiger partial charge in [0.1, 0.15) is 0 Å². The first-order chi connectivity index (χ1) is 29.4. The van der Waals surface area contributed by atoms with Gasteiger partial charge in [0, 0.05) is 118 Å². The van der Waals surface area contributed by atoms with Crippen LogP contribution >= 0.6 is 0 Å². The topological polar surface area (TPSA) is 128 Å². The number of hydrogen-bond donors (Lipinski definition) is 0. The number of nitrogens with zero attached hydrogens (tertiary/aromatic N) is 8. The van der Waals surface area contributed by atoms with Crippen molar-refractivity contribution in [2.75, 3.05) is 105 Å². The summed E-state index contributed by atoms with van der Waals surface area (Å²) in [6.45, 7) is -6.42. The standard InChI is InChI=1S/C37H48F12N8O6/c38-32(61)55-15-4-16-57(34(40)63)24-21-53(30(59)36(44,45)46)11-1-9-51(18-20-55)26-28-7-5-27(6-8-28)25-50-10-2-14-56(33(39)62)23-22-54(31(60)37(47,48)49)13-3-12-52(19-17-50)29(58)35(41,42)43/h5-8H,1-4,9-26H2. The van der Waals surface area contributed by atoms with E-state index in [1.54, 1.807) is 34.1 Å². The van der Waals surface area contributed by atoms with Gasteiger partial charge in [-0.25, -0.2) is 14.4 Å². The second-order valence-electron chi connectivity index (χ2n) is 14.9. The van der Waals surface area contributed by atoms with Crippen molar-refractivity contribution in [3.8, 4) is 0 Å². The Morgan fingerprint density at radius 2 is 0.571 bits per heavy atom. The summed E-state index contributed by atoms with van der Waals surface area (Å²) < 4.78 is 162. The molecule has 2 heterocycles. The van der Waals surface area contributed by atoms with Crippen molar-refractivity contribution in [2.24, 2.45) is 0 Å². The Labute approximate surface area is 354 Å². The fourth-order valence-corrected chi connectivity index (χ4v) is 7.03. The number of amides is 6. The molecule has 2 saturated heterocycles. The van der Waals surface area contributed by atoms with Crippen LogP contribution in [0.4, 0.5) is 67.1 Å². The first kappa shape index (κ1) is 52.5. The quantitative estimate of drug-likeness (QED) is 0.229. The third-order valence-corrected chi connectivity index (χ3v) is 10.3. The van der Waals surface area contributed by atoms with Crippen LogP contribution in [0.5, 0.6) is 0 Å². The molecular weight excluding hydrogens is 880 g/mol. The van der Waals surface area contributed by atoms with E-state index in [0.717, 1.165) is 4.90 Å². The molecule has 3 rings (SSSR count). The van der Waals surface area contributed by atoms with Crippen LogP contribution in [0, 0.1) is 0 Å².